The van der Waals surface area contributed by atoms with Gasteiger partial charge in [0.2, 0.25) is 0 Å². The van der Waals surface area contributed by atoms with Crippen molar-refractivity contribution >= 4 is 17.9 Å². The van der Waals surface area contributed by atoms with Crippen molar-refractivity contribution in [3.63, 3.8) is 0 Å². The molecule has 0 aliphatic carbocycles. The monoisotopic (exact) mass is 1110 g/mol. The van der Waals surface area contributed by atoms with E-state index in [-0.39, 0.29) is 31.1 Å². The second-order valence-corrected chi connectivity index (χ2v) is 24.1. The van der Waals surface area contributed by atoms with Gasteiger partial charge in [-0.2, -0.15) is 0 Å². The van der Waals surface area contributed by atoms with Crippen LogP contribution in [0.1, 0.15) is 393 Å². The van der Waals surface area contributed by atoms with E-state index in [1.165, 1.54) is 276 Å². The maximum Gasteiger partial charge on any atom is 0.306 e. The number of rotatable bonds is 66. The SMILES string of the molecule is CCCCC/C=C\C/C=C\CCCCCCCC(=O)OCC(COC(=O)CCCCCCCCCCCCC/C=C\CCCCCCCCCC)OC(=O)CCCCCCCCCCCCCCCCCCCCCCCCC. The Morgan fingerprint density at radius 3 is 0.734 bits per heavy atom. The van der Waals surface area contributed by atoms with Gasteiger partial charge >= 0.3 is 17.9 Å². The molecule has 464 valence electrons. The molecule has 6 heteroatoms. The number of hydrogen-bond acceptors (Lipinski definition) is 6. The highest BCUT2D eigenvalue weighted by molar-refractivity contribution is 5.71. The minimum absolute atomic E-state index is 0.0724. The Labute approximate surface area is 493 Å². The molecule has 0 aliphatic rings. The van der Waals surface area contributed by atoms with Crippen LogP contribution < -0.4 is 0 Å². The highest BCUT2D eigenvalue weighted by atomic mass is 16.6. The van der Waals surface area contributed by atoms with E-state index in [1.807, 2.05) is 0 Å². The second kappa shape index (κ2) is 68.1. The third kappa shape index (κ3) is 66.3. The molecule has 0 radical (unpaired) electrons. The number of carbonyl (C=O) groups excluding carboxylic acids is 3. The average Bonchev–Trinajstić information content (AvgIpc) is 3.45. The van der Waals surface area contributed by atoms with Crippen LogP contribution in [-0.2, 0) is 28.6 Å². The molecule has 1 unspecified atom stereocenters. The van der Waals surface area contributed by atoms with Crippen molar-refractivity contribution in [2.75, 3.05) is 13.2 Å². The van der Waals surface area contributed by atoms with E-state index >= 15 is 0 Å². The number of allylic oxidation sites excluding steroid dienone is 6. The van der Waals surface area contributed by atoms with E-state index in [4.69, 9.17) is 14.2 Å². The summed E-state index contributed by atoms with van der Waals surface area (Å²) in [7, 11) is 0. The lowest BCUT2D eigenvalue weighted by atomic mass is 10.0. The van der Waals surface area contributed by atoms with Crippen LogP contribution >= 0.6 is 0 Å². The van der Waals surface area contributed by atoms with Gasteiger partial charge in [-0.3, -0.25) is 14.4 Å². The average molecular weight is 1110 g/mol. The fourth-order valence-electron chi connectivity index (χ4n) is 10.8. The first kappa shape index (κ1) is 76.6. The minimum Gasteiger partial charge on any atom is -0.462 e. The molecule has 1 atom stereocenters. The molecule has 0 aliphatic heterocycles. The predicted octanol–water partition coefficient (Wildman–Crippen LogP) is 24.3. The first-order chi connectivity index (χ1) is 39.0. The third-order valence-corrected chi connectivity index (χ3v) is 16.1. The van der Waals surface area contributed by atoms with E-state index in [9.17, 15) is 14.4 Å². The molecule has 0 heterocycles. The van der Waals surface area contributed by atoms with Crippen molar-refractivity contribution in [1.82, 2.24) is 0 Å². The maximum atomic E-state index is 13.0. The summed E-state index contributed by atoms with van der Waals surface area (Å²) < 4.78 is 17.0. The number of unbranched alkanes of at least 4 members (excludes halogenated alkanes) is 49. The van der Waals surface area contributed by atoms with Gasteiger partial charge in [-0.05, 0) is 77.0 Å². The molecule has 0 saturated carbocycles. The van der Waals surface area contributed by atoms with Crippen molar-refractivity contribution in [2.45, 2.75) is 399 Å². The Balaban J connectivity index is 4.28. The molecule has 0 aromatic heterocycles. The van der Waals surface area contributed by atoms with Crippen LogP contribution in [0.25, 0.3) is 0 Å². The Morgan fingerprint density at radius 1 is 0.253 bits per heavy atom. The predicted molar refractivity (Wildman–Crippen MR) is 344 cm³/mol. The summed E-state index contributed by atoms with van der Waals surface area (Å²) >= 11 is 0. The lowest BCUT2D eigenvalue weighted by Gasteiger charge is -2.18. The molecule has 0 spiro atoms. The van der Waals surface area contributed by atoms with Gasteiger partial charge in [0.15, 0.2) is 6.10 Å². The lowest BCUT2D eigenvalue weighted by Crippen LogP contribution is -2.30. The van der Waals surface area contributed by atoms with Crippen molar-refractivity contribution < 1.29 is 28.6 Å². The van der Waals surface area contributed by atoms with Crippen molar-refractivity contribution in [3.8, 4) is 0 Å². The normalized spacial score (nSPS) is 12.2. The molecule has 0 fully saturated rings. The largest absolute Gasteiger partial charge is 0.462 e. The highest BCUT2D eigenvalue weighted by Crippen LogP contribution is 2.18. The van der Waals surface area contributed by atoms with Crippen LogP contribution in [0.15, 0.2) is 36.5 Å². The smallest absolute Gasteiger partial charge is 0.306 e. The first-order valence-electron chi connectivity index (χ1n) is 35.5. The van der Waals surface area contributed by atoms with Crippen LogP contribution in [-0.4, -0.2) is 37.2 Å². The van der Waals surface area contributed by atoms with Gasteiger partial charge in [0.25, 0.3) is 0 Å². The first-order valence-corrected chi connectivity index (χ1v) is 35.5. The summed E-state index contributed by atoms with van der Waals surface area (Å²) in [6.07, 6.45) is 84.6. The van der Waals surface area contributed by atoms with Crippen LogP contribution in [0.3, 0.4) is 0 Å². The highest BCUT2D eigenvalue weighted by Gasteiger charge is 2.19. The third-order valence-electron chi connectivity index (χ3n) is 16.1. The van der Waals surface area contributed by atoms with Gasteiger partial charge in [0.1, 0.15) is 13.2 Å². The van der Waals surface area contributed by atoms with Gasteiger partial charge in [0.05, 0.1) is 0 Å². The molecule has 6 nitrogen and oxygen atoms in total. The van der Waals surface area contributed by atoms with Gasteiger partial charge in [-0.25, -0.2) is 0 Å². The number of hydrogen-bond donors (Lipinski definition) is 0. The Morgan fingerprint density at radius 2 is 0.456 bits per heavy atom. The molecule has 0 aromatic rings. The molecular formula is C73H136O6. The van der Waals surface area contributed by atoms with Gasteiger partial charge in [-0.1, -0.05) is 333 Å². The molecule has 0 bridgehead atoms. The summed E-state index contributed by atoms with van der Waals surface area (Å²) in [5, 5.41) is 0. The quantitative estimate of drug-likeness (QED) is 0.0261. The van der Waals surface area contributed by atoms with Crippen LogP contribution in [0.2, 0.25) is 0 Å². The number of esters is 3. The molecule has 0 saturated heterocycles. The van der Waals surface area contributed by atoms with Gasteiger partial charge in [0, 0.05) is 19.3 Å². The molecule has 0 N–H and O–H groups in total. The maximum absolute atomic E-state index is 13.0. The summed E-state index contributed by atoms with van der Waals surface area (Å²) in [5.74, 6) is -0.858. The zero-order chi connectivity index (χ0) is 57.1. The van der Waals surface area contributed by atoms with Gasteiger partial charge < -0.3 is 14.2 Å². The number of ether oxygens (including phenoxy) is 3. The zero-order valence-corrected chi connectivity index (χ0v) is 53.4. The topological polar surface area (TPSA) is 78.9 Å². The van der Waals surface area contributed by atoms with Crippen LogP contribution in [0, 0.1) is 0 Å². The summed E-state index contributed by atoms with van der Waals surface area (Å²) in [6, 6.07) is 0. The Bertz CT molecular complexity index is 1320. The van der Waals surface area contributed by atoms with Crippen LogP contribution in [0.4, 0.5) is 0 Å². The van der Waals surface area contributed by atoms with Gasteiger partial charge in [-0.15, -0.1) is 0 Å². The summed E-state index contributed by atoms with van der Waals surface area (Å²) in [4.78, 5) is 38.4. The fourth-order valence-corrected chi connectivity index (χ4v) is 10.8. The standard InChI is InChI=1S/C73H136O6/c1-4-7-10-13-16-19-22-25-28-30-32-34-36-38-40-42-45-48-51-54-57-60-63-66-72(75)78-69-70(68-77-71(74)65-62-59-56-53-50-47-44-27-24-21-18-15-12-9-6-3)79-73(76)67-64-61-58-55-52-49-46-43-41-39-37-35-33-31-29-26-23-20-17-14-11-8-5-2/h18,21,27,30,32,44,70H,4-17,19-20,22-26,28-29,31,33-43,45-69H2,1-3H3/b21-18-,32-30-,44-27-. The van der Waals surface area contributed by atoms with E-state index in [1.54, 1.807) is 0 Å². The fraction of sp³-hybridized carbons (Fsp3) is 0.877. The van der Waals surface area contributed by atoms with Crippen molar-refractivity contribution in [3.05, 3.63) is 36.5 Å². The summed E-state index contributed by atoms with van der Waals surface area (Å²) in [5.41, 5.74) is 0. The minimum atomic E-state index is -0.777. The lowest BCUT2D eigenvalue weighted by molar-refractivity contribution is -0.167. The van der Waals surface area contributed by atoms with E-state index in [0.29, 0.717) is 19.3 Å². The molecule has 79 heavy (non-hydrogen) atoms. The molecule has 0 rings (SSSR count). The number of carbonyl (C=O) groups is 3. The second-order valence-electron chi connectivity index (χ2n) is 24.1. The molecule has 0 aromatic carbocycles. The zero-order valence-electron chi connectivity index (χ0n) is 53.4. The Hall–Kier alpha value is -2.37. The van der Waals surface area contributed by atoms with E-state index in [2.05, 4.69) is 57.2 Å². The molecular weight excluding hydrogens is 973 g/mol. The summed E-state index contributed by atoms with van der Waals surface area (Å²) in [6.45, 7) is 6.68. The van der Waals surface area contributed by atoms with Crippen molar-refractivity contribution in [1.29, 1.82) is 0 Å². The molecule has 0 amide bonds. The Kier molecular flexibility index (Phi) is 66.1. The van der Waals surface area contributed by atoms with E-state index < -0.39 is 6.10 Å². The van der Waals surface area contributed by atoms with Crippen molar-refractivity contribution in [2.24, 2.45) is 0 Å². The van der Waals surface area contributed by atoms with E-state index in [0.717, 1.165) is 77.0 Å². The van der Waals surface area contributed by atoms with Crippen LogP contribution in [0.5, 0.6) is 0 Å².